The third kappa shape index (κ3) is 3.83. The van der Waals surface area contributed by atoms with Crippen LogP contribution < -0.4 is 9.80 Å². The Bertz CT molecular complexity index is 665. The van der Waals surface area contributed by atoms with Gasteiger partial charge < -0.3 is 24.6 Å². The molecule has 0 radical (unpaired) electrons. The van der Waals surface area contributed by atoms with Crippen LogP contribution in [0.25, 0.3) is 0 Å². The molecule has 2 aliphatic rings. The van der Waals surface area contributed by atoms with E-state index in [4.69, 9.17) is 9.47 Å². The minimum atomic E-state index is -0.740. The van der Waals surface area contributed by atoms with Crippen LogP contribution in [0.5, 0.6) is 0 Å². The van der Waals surface area contributed by atoms with Crippen molar-refractivity contribution >= 4 is 23.4 Å². The first-order valence-corrected chi connectivity index (χ1v) is 8.01. The zero-order chi connectivity index (χ0) is 18.0. The average Bonchev–Trinajstić information content (AvgIpc) is 2.95. The highest BCUT2D eigenvalue weighted by Crippen LogP contribution is 2.28. The van der Waals surface area contributed by atoms with Gasteiger partial charge in [0.15, 0.2) is 0 Å². The smallest absolute Gasteiger partial charge is 0.414 e. The molecule has 0 spiro atoms. The first kappa shape index (κ1) is 17.4. The van der Waals surface area contributed by atoms with Crippen molar-refractivity contribution in [3.63, 3.8) is 0 Å². The van der Waals surface area contributed by atoms with Crippen molar-refractivity contribution in [3.05, 3.63) is 29.2 Å². The molecule has 1 aromatic carbocycles. The van der Waals surface area contributed by atoms with E-state index in [0.29, 0.717) is 37.7 Å². The van der Waals surface area contributed by atoms with E-state index in [1.807, 2.05) is 4.90 Å². The summed E-state index contributed by atoms with van der Waals surface area (Å²) in [6.45, 7) is 3.28. The second-order valence-electron chi connectivity index (χ2n) is 5.93. The summed E-state index contributed by atoms with van der Waals surface area (Å²) in [5.41, 5.74) is 0.806. The number of benzene rings is 1. The molecule has 0 bridgehead atoms. The fourth-order valence-electron chi connectivity index (χ4n) is 2.87. The van der Waals surface area contributed by atoms with Crippen LogP contribution >= 0.6 is 0 Å². The lowest BCUT2D eigenvalue weighted by molar-refractivity contribution is -0.127. The first-order chi connectivity index (χ1) is 12.0. The lowest BCUT2D eigenvalue weighted by Gasteiger charge is -2.29. The number of carbonyl (C=O) groups excluding carboxylic acids is 2. The van der Waals surface area contributed by atoms with E-state index in [1.165, 1.54) is 11.0 Å². The summed E-state index contributed by atoms with van der Waals surface area (Å²) >= 11 is 0. The van der Waals surface area contributed by atoms with Gasteiger partial charge in [0.1, 0.15) is 11.9 Å². The quantitative estimate of drug-likeness (QED) is 0.760. The number of halogens is 1. The Morgan fingerprint density at radius 1 is 1.40 bits per heavy atom. The van der Waals surface area contributed by atoms with Crippen molar-refractivity contribution in [2.45, 2.75) is 13.0 Å². The monoisotopic (exact) mass is 352 g/mol. The first-order valence-electron chi connectivity index (χ1n) is 8.01. The van der Waals surface area contributed by atoms with Crippen molar-refractivity contribution in [3.8, 4) is 0 Å². The normalized spacial score (nSPS) is 20.6. The maximum Gasteiger partial charge on any atom is 0.414 e. The summed E-state index contributed by atoms with van der Waals surface area (Å²) < 4.78 is 24.8. The van der Waals surface area contributed by atoms with Gasteiger partial charge in [-0.05, 0) is 18.2 Å². The van der Waals surface area contributed by atoms with Crippen LogP contribution in [0, 0.1) is 11.0 Å². The van der Waals surface area contributed by atoms with E-state index in [1.54, 1.807) is 12.1 Å². The highest BCUT2D eigenvalue weighted by molar-refractivity contribution is 5.90. The van der Waals surface area contributed by atoms with Crippen molar-refractivity contribution in [1.29, 1.82) is 0 Å². The zero-order valence-corrected chi connectivity index (χ0v) is 13.8. The topological polar surface area (TPSA) is 85.4 Å². The van der Waals surface area contributed by atoms with Gasteiger partial charge in [-0.3, -0.25) is 9.69 Å². The molecule has 2 amide bonds. The average molecular weight is 352 g/mol. The molecule has 2 saturated heterocycles. The molecular formula is C16H19FN3O5-. The van der Waals surface area contributed by atoms with E-state index in [-0.39, 0.29) is 18.2 Å². The highest BCUT2D eigenvalue weighted by atomic mass is 19.1. The van der Waals surface area contributed by atoms with Gasteiger partial charge in [-0.1, -0.05) is 0 Å². The van der Waals surface area contributed by atoms with Gasteiger partial charge in [-0.2, -0.15) is 0 Å². The second-order valence-corrected chi connectivity index (χ2v) is 5.93. The molecule has 9 heteroatoms. The number of ether oxygens (including phenoxy) is 2. The Morgan fingerprint density at radius 3 is 2.76 bits per heavy atom. The fraction of sp³-hybridized carbons (Fsp3) is 0.500. The van der Waals surface area contributed by atoms with Crippen molar-refractivity contribution < 1.29 is 23.5 Å². The molecule has 0 unspecified atom stereocenters. The third-order valence-corrected chi connectivity index (χ3v) is 4.19. The minimum Gasteiger partial charge on any atom is -0.756 e. The van der Waals surface area contributed by atoms with Gasteiger partial charge in [-0.15, -0.1) is 0 Å². The predicted molar refractivity (Wildman–Crippen MR) is 87.8 cm³/mol. The van der Waals surface area contributed by atoms with Crippen LogP contribution in [0.3, 0.4) is 0 Å². The number of amides is 2. The van der Waals surface area contributed by atoms with Crippen molar-refractivity contribution in [2.24, 2.45) is 0 Å². The molecule has 25 heavy (non-hydrogen) atoms. The third-order valence-electron chi connectivity index (χ3n) is 4.19. The molecule has 8 nitrogen and oxygen atoms in total. The van der Waals surface area contributed by atoms with Crippen LogP contribution in [0.1, 0.15) is 6.92 Å². The number of morpholine rings is 1. The second kappa shape index (κ2) is 7.24. The molecule has 3 rings (SSSR count). The van der Waals surface area contributed by atoms with Crippen LogP contribution in [-0.4, -0.2) is 62.6 Å². The van der Waals surface area contributed by atoms with E-state index >= 15 is 0 Å². The number of cyclic esters (lactones) is 1. The Labute approximate surface area is 144 Å². The zero-order valence-electron chi connectivity index (χ0n) is 13.8. The Morgan fingerprint density at radius 2 is 2.12 bits per heavy atom. The Kier molecular flexibility index (Phi) is 5.05. The molecule has 136 valence electrons. The van der Waals surface area contributed by atoms with Crippen LogP contribution in [0.2, 0.25) is 0 Å². The Balaban J connectivity index is 1.70. The van der Waals surface area contributed by atoms with Crippen LogP contribution in [0.15, 0.2) is 18.2 Å². The molecule has 2 aliphatic heterocycles. The van der Waals surface area contributed by atoms with Gasteiger partial charge in [-0.25, -0.2) is 9.18 Å². The van der Waals surface area contributed by atoms with E-state index < -0.39 is 23.9 Å². The van der Waals surface area contributed by atoms with E-state index in [2.05, 4.69) is 0 Å². The molecule has 2 heterocycles. The number of hydrogen-bond acceptors (Lipinski definition) is 6. The summed E-state index contributed by atoms with van der Waals surface area (Å²) in [6, 6.07) is 4.53. The highest BCUT2D eigenvalue weighted by Gasteiger charge is 2.33. The lowest BCUT2D eigenvalue weighted by Crippen LogP contribution is -2.36. The maximum absolute atomic E-state index is 14.5. The molecule has 1 atom stereocenters. The van der Waals surface area contributed by atoms with E-state index in [9.17, 15) is 19.2 Å². The molecule has 0 N–H and O–H groups in total. The van der Waals surface area contributed by atoms with Crippen LogP contribution in [-0.2, 0) is 14.3 Å². The summed E-state index contributed by atoms with van der Waals surface area (Å²) in [5, 5.41) is 11.6. The Hall–Kier alpha value is -2.39. The predicted octanol–water partition coefficient (Wildman–Crippen LogP) is 1.33. The molecule has 0 aliphatic carbocycles. The van der Waals surface area contributed by atoms with Gasteiger partial charge in [0.25, 0.3) is 0 Å². The molecule has 2 fully saturated rings. The minimum absolute atomic E-state index is 0.0845. The largest absolute Gasteiger partial charge is 0.756 e. The number of carbonyl (C=O) groups is 2. The van der Waals surface area contributed by atoms with Crippen molar-refractivity contribution in [2.75, 3.05) is 49.2 Å². The summed E-state index contributed by atoms with van der Waals surface area (Å²) in [5.74, 6) is -1.10. The molecular weight excluding hydrogens is 333 g/mol. The summed E-state index contributed by atoms with van der Waals surface area (Å²) in [6.07, 6.45) is -1.41. The number of rotatable bonds is 4. The number of nitrogens with zero attached hydrogens (tertiary/aromatic N) is 3. The van der Waals surface area contributed by atoms with Gasteiger partial charge in [0, 0.05) is 26.6 Å². The number of hydrogen-bond donors (Lipinski definition) is 0. The van der Waals surface area contributed by atoms with E-state index in [0.717, 1.165) is 6.92 Å². The van der Waals surface area contributed by atoms with Gasteiger partial charge in [0.2, 0.25) is 5.91 Å². The lowest BCUT2D eigenvalue weighted by atomic mass is 10.2. The van der Waals surface area contributed by atoms with Gasteiger partial charge >= 0.3 is 6.09 Å². The molecule has 0 saturated carbocycles. The molecule has 0 aromatic heterocycles. The SMILES string of the molecule is CC(=O)N([O-])C[C@@H]1CN(c2ccc(N3CCOCC3)c(F)c2)C(=O)O1. The van der Waals surface area contributed by atoms with Gasteiger partial charge in [0.05, 0.1) is 31.1 Å². The summed E-state index contributed by atoms with van der Waals surface area (Å²) in [7, 11) is 0. The summed E-state index contributed by atoms with van der Waals surface area (Å²) in [4.78, 5) is 26.1. The number of hydroxylamine groups is 2. The standard InChI is InChI=1S/C16H19FN3O5/c1-11(21)20(23)10-13-9-19(16(22)25-13)12-2-3-15(14(17)8-12)18-4-6-24-7-5-18/h2-3,8,13H,4-7,9-10H2,1H3/q-1/t13-/m0/s1. The maximum atomic E-state index is 14.5. The van der Waals surface area contributed by atoms with Crippen molar-refractivity contribution in [1.82, 2.24) is 5.06 Å². The molecule has 1 aromatic rings. The van der Waals surface area contributed by atoms with Crippen LogP contribution in [0.4, 0.5) is 20.6 Å². The number of anilines is 2. The fourth-order valence-corrected chi connectivity index (χ4v) is 2.87.